The van der Waals surface area contributed by atoms with Gasteiger partial charge in [0, 0.05) is 11.1 Å². The summed E-state index contributed by atoms with van der Waals surface area (Å²) in [7, 11) is 1.56. The predicted molar refractivity (Wildman–Crippen MR) is 123 cm³/mol. The molecule has 0 spiro atoms. The van der Waals surface area contributed by atoms with Crippen molar-refractivity contribution in [2.75, 3.05) is 7.11 Å². The number of nitrogens with one attached hydrogen (secondary N) is 1. The Morgan fingerprint density at radius 2 is 1.53 bits per heavy atom. The van der Waals surface area contributed by atoms with E-state index in [1.54, 1.807) is 61.7 Å². The predicted octanol–water partition coefficient (Wildman–Crippen LogP) is 4.83. The topological polar surface area (TPSA) is 77.0 Å². The van der Waals surface area contributed by atoms with Crippen LogP contribution in [0.5, 0.6) is 11.5 Å². The summed E-state index contributed by atoms with van der Waals surface area (Å²) >= 11 is 0. The van der Waals surface area contributed by atoms with E-state index in [0.717, 1.165) is 10.8 Å². The molecule has 0 radical (unpaired) electrons. The maximum absolute atomic E-state index is 12.6. The first-order valence-corrected chi connectivity index (χ1v) is 9.92. The monoisotopic (exact) mass is 424 g/mol. The van der Waals surface area contributed by atoms with E-state index in [2.05, 4.69) is 10.5 Å². The minimum Gasteiger partial charge on any atom is -0.497 e. The van der Waals surface area contributed by atoms with Crippen molar-refractivity contribution >= 4 is 28.9 Å². The maximum Gasteiger partial charge on any atom is 0.343 e. The Balaban J connectivity index is 1.60. The highest BCUT2D eigenvalue weighted by atomic mass is 16.5. The van der Waals surface area contributed by atoms with E-state index in [4.69, 9.17) is 9.47 Å². The number of hydrogen-bond acceptors (Lipinski definition) is 5. The van der Waals surface area contributed by atoms with Crippen molar-refractivity contribution in [3.05, 3.63) is 108 Å². The molecule has 6 heteroatoms. The highest BCUT2D eigenvalue weighted by Gasteiger charge is 2.13. The van der Waals surface area contributed by atoms with Crippen LogP contribution in [0.25, 0.3) is 10.8 Å². The van der Waals surface area contributed by atoms with Gasteiger partial charge in [-0.2, -0.15) is 5.10 Å². The SMILES string of the molecule is COc1ccc(C(=O)NN=Cc2c(OC(=O)c3ccccc3)ccc3ccccc23)cc1. The molecule has 1 amide bonds. The van der Waals surface area contributed by atoms with Crippen molar-refractivity contribution in [1.29, 1.82) is 0 Å². The van der Waals surface area contributed by atoms with Gasteiger partial charge >= 0.3 is 5.97 Å². The van der Waals surface area contributed by atoms with Gasteiger partial charge in [0.25, 0.3) is 5.91 Å². The number of esters is 1. The first-order valence-electron chi connectivity index (χ1n) is 9.92. The Bertz CT molecular complexity index is 1280. The van der Waals surface area contributed by atoms with Crippen molar-refractivity contribution in [3.63, 3.8) is 0 Å². The summed E-state index contributed by atoms with van der Waals surface area (Å²) in [6.07, 6.45) is 1.48. The van der Waals surface area contributed by atoms with Crippen LogP contribution in [0.4, 0.5) is 0 Å². The van der Waals surface area contributed by atoms with Crippen molar-refractivity contribution in [2.45, 2.75) is 0 Å². The number of amides is 1. The summed E-state index contributed by atoms with van der Waals surface area (Å²) in [5.41, 5.74) is 3.98. The molecule has 4 aromatic rings. The van der Waals surface area contributed by atoms with Crippen LogP contribution >= 0.6 is 0 Å². The number of rotatable bonds is 6. The van der Waals surface area contributed by atoms with E-state index in [0.29, 0.717) is 28.2 Å². The molecule has 4 aromatic carbocycles. The van der Waals surface area contributed by atoms with Crippen LogP contribution in [0, 0.1) is 0 Å². The van der Waals surface area contributed by atoms with Gasteiger partial charge in [-0.25, -0.2) is 10.2 Å². The second kappa shape index (κ2) is 9.57. The molecule has 0 unspecified atom stereocenters. The second-order valence-corrected chi connectivity index (χ2v) is 6.88. The third kappa shape index (κ3) is 4.65. The Morgan fingerprint density at radius 3 is 2.28 bits per heavy atom. The lowest BCUT2D eigenvalue weighted by atomic mass is 10.0. The molecule has 4 rings (SSSR count). The van der Waals surface area contributed by atoms with Gasteiger partial charge in [0.1, 0.15) is 11.5 Å². The van der Waals surface area contributed by atoms with Crippen LogP contribution in [-0.2, 0) is 0 Å². The molecule has 0 saturated carbocycles. The molecule has 158 valence electrons. The van der Waals surface area contributed by atoms with Gasteiger partial charge in [0.05, 0.1) is 18.9 Å². The van der Waals surface area contributed by atoms with Gasteiger partial charge in [-0.05, 0) is 53.2 Å². The number of benzene rings is 4. The molecule has 0 fully saturated rings. The Labute approximate surface area is 185 Å². The summed E-state index contributed by atoms with van der Waals surface area (Å²) in [6, 6.07) is 26.7. The zero-order valence-electron chi connectivity index (χ0n) is 17.3. The average Bonchev–Trinajstić information content (AvgIpc) is 2.85. The lowest BCUT2D eigenvalue weighted by Gasteiger charge is -2.10. The van der Waals surface area contributed by atoms with Crippen LogP contribution in [0.1, 0.15) is 26.3 Å². The van der Waals surface area contributed by atoms with Crippen LogP contribution in [0.3, 0.4) is 0 Å². The average molecular weight is 424 g/mol. The summed E-state index contributed by atoms with van der Waals surface area (Å²) in [5, 5.41) is 5.90. The first-order chi connectivity index (χ1) is 15.7. The van der Waals surface area contributed by atoms with Crippen LogP contribution in [-0.4, -0.2) is 25.2 Å². The van der Waals surface area contributed by atoms with E-state index in [1.165, 1.54) is 6.21 Å². The van der Waals surface area contributed by atoms with Gasteiger partial charge in [0.2, 0.25) is 0 Å². The molecule has 0 atom stereocenters. The highest BCUT2D eigenvalue weighted by Crippen LogP contribution is 2.27. The second-order valence-electron chi connectivity index (χ2n) is 6.88. The van der Waals surface area contributed by atoms with Crippen molar-refractivity contribution in [1.82, 2.24) is 5.43 Å². The summed E-state index contributed by atoms with van der Waals surface area (Å²) in [5.74, 6) is 0.162. The van der Waals surface area contributed by atoms with E-state index in [-0.39, 0.29) is 5.91 Å². The number of hydrogen-bond donors (Lipinski definition) is 1. The van der Waals surface area contributed by atoms with E-state index < -0.39 is 5.97 Å². The van der Waals surface area contributed by atoms with Gasteiger partial charge in [0.15, 0.2) is 0 Å². The molecular formula is C26H20N2O4. The third-order valence-electron chi connectivity index (χ3n) is 4.85. The van der Waals surface area contributed by atoms with Crippen molar-refractivity contribution < 1.29 is 19.1 Å². The fourth-order valence-corrected chi connectivity index (χ4v) is 3.19. The fraction of sp³-hybridized carbons (Fsp3) is 0.0385. The van der Waals surface area contributed by atoms with Crippen LogP contribution in [0.2, 0.25) is 0 Å². The number of methoxy groups -OCH3 is 1. The molecule has 32 heavy (non-hydrogen) atoms. The van der Waals surface area contributed by atoms with Crippen LogP contribution in [0.15, 0.2) is 96.1 Å². The molecule has 0 aliphatic carbocycles. The molecule has 0 bridgehead atoms. The summed E-state index contributed by atoms with van der Waals surface area (Å²) in [6.45, 7) is 0. The largest absolute Gasteiger partial charge is 0.497 e. The van der Waals surface area contributed by atoms with Crippen molar-refractivity contribution in [2.24, 2.45) is 5.10 Å². The molecule has 0 aliphatic rings. The van der Waals surface area contributed by atoms with Gasteiger partial charge in [-0.15, -0.1) is 0 Å². The number of ether oxygens (including phenoxy) is 2. The number of carbonyl (C=O) groups is 2. The van der Waals surface area contributed by atoms with E-state index in [1.807, 2.05) is 36.4 Å². The van der Waals surface area contributed by atoms with Crippen molar-refractivity contribution in [3.8, 4) is 11.5 Å². The van der Waals surface area contributed by atoms with Crippen LogP contribution < -0.4 is 14.9 Å². The number of carbonyl (C=O) groups excluding carboxylic acids is 2. The molecule has 0 aromatic heterocycles. The van der Waals surface area contributed by atoms with Gasteiger partial charge < -0.3 is 9.47 Å². The lowest BCUT2D eigenvalue weighted by Crippen LogP contribution is -2.17. The van der Waals surface area contributed by atoms with E-state index in [9.17, 15) is 9.59 Å². The Kier molecular flexibility index (Phi) is 6.22. The summed E-state index contributed by atoms with van der Waals surface area (Å²) < 4.78 is 10.8. The fourth-order valence-electron chi connectivity index (χ4n) is 3.19. The highest BCUT2D eigenvalue weighted by molar-refractivity contribution is 6.04. The molecular weight excluding hydrogens is 404 g/mol. The minimum absolute atomic E-state index is 0.347. The zero-order chi connectivity index (χ0) is 22.3. The first kappa shape index (κ1) is 20.8. The van der Waals surface area contributed by atoms with Gasteiger partial charge in [-0.1, -0.05) is 48.5 Å². The molecule has 6 nitrogen and oxygen atoms in total. The number of fused-ring (bicyclic) bond motifs is 1. The molecule has 0 heterocycles. The summed E-state index contributed by atoms with van der Waals surface area (Å²) in [4.78, 5) is 25.0. The number of nitrogens with zero attached hydrogens (tertiary/aromatic N) is 1. The van der Waals surface area contributed by atoms with E-state index >= 15 is 0 Å². The lowest BCUT2D eigenvalue weighted by molar-refractivity contribution is 0.0734. The number of hydrazone groups is 1. The Hall–Kier alpha value is -4.45. The quantitative estimate of drug-likeness (QED) is 0.208. The zero-order valence-corrected chi connectivity index (χ0v) is 17.3. The third-order valence-corrected chi connectivity index (χ3v) is 4.85. The van der Waals surface area contributed by atoms with Gasteiger partial charge in [-0.3, -0.25) is 4.79 Å². The standard InChI is InChI=1S/C26H20N2O4/c1-31-21-14-11-19(12-15-21)25(29)28-27-17-23-22-10-6-5-7-18(22)13-16-24(23)32-26(30)20-8-3-2-4-9-20/h2-17H,1H3,(H,28,29). The molecule has 0 saturated heterocycles. The molecule has 1 N–H and O–H groups in total. The normalized spacial score (nSPS) is 10.8. The minimum atomic E-state index is -0.474. The Morgan fingerprint density at radius 1 is 0.812 bits per heavy atom. The smallest absolute Gasteiger partial charge is 0.343 e. The molecule has 0 aliphatic heterocycles. The maximum atomic E-state index is 12.6.